The van der Waals surface area contributed by atoms with E-state index >= 15 is 0 Å². The third-order valence-corrected chi connectivity index (χ3v) is 2.57. The largest absolute Gasteiger partial charge is 0.506 e. The second-order valence-electron chi connectivity index (χ2n) is 3.56. The summed E-state index contributed by atoms with van der Waals surface area (Å²) in [6.07, 6.45) is 2.31. The third kappa shape index (κ3) is 1.10. The minimum absolute atomic E-state index is 0.179. The van der Waals surface area contributed by atoms with Crippen molar-refractivity contribution in [1.82, 2.24) is 9.38 Å². The van der Waals surface area contributed by atoms with Gasteiger partial charge in [-0.1, -0.05) is 12.1 Å². The molecule has 3 aromatic rings. The Morgan fingerprint density at radius 2 is 2.12 bits per heavy atom. The molecule has 78 valence electrons. The van der Waals surface area contributed by atoms with E-state index in [9.17, 15) is 9.90 Å². The highest BCUT2D eigenvalue weighted by Gasteiger charge is 2.06. The van der Waals surface area contributed by atoms with E-state index in [-0.39, 0.29) is 5.75 Å². The van der Waals surface area contributed by atoms with Gasteiger partial charge in [-0.25, -0.2) is 4.98 Å². The van der Waals surface area contributed by atoms with E-state index in [0.29, 0.717) is 23.1 Å². The van der Waals surface area contributed by atoms with Gasteiger partial charge in [0.05, 0.1) is 5.52 Å². The predicted octanol–water partition coefficient (Wildman–Crippen LogP) is 2.01. The molecule has 0 aliphatic carbocycles. The lowest BCUT2D eigenvalue weighted by molar-refractivity contribution is 0.111. The van der Waals surface area contributed by atoms with Crippen LogP contribution in [0.15, 0.2) is 36.5 Å². The molecule has 16 heavy (non-hydrogen) atoms. The number of carbonyl (C=O) groups is 1. The standard InChI is InChI=1S/C12H8N2O2/c15-7-9-6-14-11(13-9)5-4-8-2-1-3-10(16)12(8)14/h1-7,16H. The van der Waals surface area contributed by atoms with Crippen LogP contribution in [0.1, 0.15) is 10.5 Å². The first-order valence-corrected chi connectivity index (χ1v) is 4.84. The lowest BCUT2D eigenvalue weighted by atomic mass is 10.2. The van der Waals surface area contributed by atoms with E-state index in [4.69, 9.17) is 0 Å². The van der Waals surface area contributed by atoms with Crippen molar-refractivity contribution >= 4 is 22.8 Å². The molecular formula is C12H8N2O2. The van der Waals surface area contributed by atoms with Crippen molar-refractivity contribution in [1.29, 1.82) is 0 Å². The number of fused-ring (bicyclic) bond motifs is 3. The van der Waals surface area contributed by atoms with Gasteiger partial charge in [0.2, 0.25) is 0 Å². The Hall–Kier alpha value is -2.36. The van der Waals surface area contributed by atoms with E-state index in [1.54, 1.807) is 22.7 Å². The van der Waals surface area contributed by atoms with Gasteiger partial charge in [-0.05, 0) is 18.2 Å². The van der Waals surface area contributed by atoms with Crippen LogP contribution in [0.5, 0.6) is 5.75 Å². The molecule has 0 spiro atoms. The van der Waals surface area contributed by atoms with Crippen LogP contribution in [0.2, 0.25) is 0 Å². The molecule has 2 heterocycles. The Labute approximate surface area is 90.8 Å². The van der Waals surface area contributed by atoms with Crippen molar-refractivity contribution in [3.8, 4) is 5.75 Å². The second-order valence-corrected chi connectivity index (χ2v) is 3.56. The minimum atomic E-state index is 0.179. The monoisotopic (exact) mass is 212 g/mol. The van der Waals surface area contributed by atoms with Crippen LogP contribution in [0.25, 0.3) is 16.6 Å². The number of nitrogens with zero attached hydrogens (tertiary/aromatic N) is 2. The Morgan fingerprint density at radius 1 is 1.25 bits per heavy atom. The minimum Gasteiger partial charge on any atom is -0.506 e. The maximum absolute atomic E-state index is 10.7. The zero-order valence-corrected chi connectivity index (χ0v) is 8.29. The highest BCUT2D eigenvalue weighted by atomic mass is 16.3. The van der Waals surface area contributed by atoms with E-state index in [2.05, 4.69) is 4.98 Å². The van der Waals surface area contributed by atoms with Gasteiger partial charge < -0.3 is 5.11 Å². The Balaban J connectivity index is 2.56. The number of pyridine rings is 1. The predicted molar refractivity (Wildman–Crippen MR) is 59.8 cm³/mol. The number of phenolic OH excluding ortho intramolecular Hbond substituents is 1. The zero-order chi connectivity index (χ0) is 11.1. The summed E-state index contributed by atoms with van der Waals surface area (Å²) in [5, 5.41) is 10.7. The Morgan fingerprint density at radius 3 is 2.94 bits per heavy atom. The number of para-hydroxylation sites is 1. The van der Waals surface area contributed by atoms with Gasteiger partial charge in [0.15, 0.2) is 6.29 Å². The molecule has 0 aliphatic rings. The molecule has 0 bridgehead atoms. The highest BCUT2D eigenvalue weighted by Crippen LogP contribution is 2.25. The highest BCUT2D eigenvalue weighted by molar-refractivity contribution is 5.88. The number of rotatable bonds is 1. The van der Waals surface area contributed by atoms with Crippen LogP contribution in [0.3, 0.4) is 0 Å². The summed E-state index contributed by atoms with van der Waals surface area (Å²) in [5.41, 5.74) is 1.67. The van der Waals surface area contributed by atoms with Gasteiger partial charge in [0, 0.05) is 11.6 Å². The number of aromatic nitrogens is 2. The van der Waals surface area contributed by atoms with E-state index in [1.165, 1.54) is 0 Å². The molecule has 0 saturated carbocycles. The quantitative estimate of drug-likeness (QED) is 0.628. The van der Waals surface area contributed by atoms with Gasteiger partial charge in [-0.2, -0.15) is 0 Å². The molecule has 4 heteroatoms. The molecule has 1 N–H and O–H groups in total. The van der Waals surface area contributed by atoms with Crippen molar-refractivity contribution in [2.75, 3.05) is 0 Å². The van der Waals surface area contributed by atoms with E-state index in [1.807, 2.05) is 18.2 Å². The molecule has 2 aromatic heterocycles. The van der Waals surface area contributed by atoms with Crippen LogP contribution in [-0.2, 0) is 0 Å². The van der Waals surface area contributed by atoms with Crippen LogP contribution in [0, 0.1) is 0 Å². The number of hydrogen-bond acceptors (Lipinski definition) is 3. The van der Waals surface area contributed by atoms with Crippen LogP contribution < -0.4 is 0 Å². The number of imidazole rings is 1. The molecule has 1 aromatic carbocycles. The fourth-order valence-electron chi connectivity index (χ4n) is 1.88. The summed E-state index contributed by atoms with van der Waals surface area (Å²) in [6.45, 7) is 0. The zero-order valence-electron chi connectivity index (χ0n) is 8.29. The summed E-state index contributed by atoms with van der Waals surface area (Å²) in [4.78, 5) is 14.8. The first-order chi connectivity index (χ1) is 7.79. The molecule has 0 saturated heterocycles. The third-order valence-electron chi connectivity index (χ3n) is 2.57. The van der Waals surface area contributed by atoms with Crippen molar-refractivity contribution in [2.24, 2.45) is 0 Å². The Bertz CT molecular complexity index is 701. The molecule has 0 amide bonds. The van der Waals surface area contributed by atoms with Crippen molar-refractivity contribution in [2.45, 2.75) is 0 Å². The fraction of sp³-hybridized carbons (Fsp3) is 0. The molecule has 0 atom stereocenters. The number of carbonyl (C=O) groups excluding carboxylic acids is 1. The summed E-state index contributed by atoms with van der Waals surface area (Å²) in [5.74, 6) is 0.179. The molecule has 0 fully saturated rings. The van der Waals surface area contributed by atoms with Gasteiger partial charge in [0.25, 0.3) is 0 Å². The first-order valence-electron chi connectivity index (χ1n) is 4.84. The molecular weight excluding hydrogens is 204 g/mol. The number of aromatic hydroxyl groups is 1. The topological polar surface area (TPSA) is 54.6 Å². The fourth-order valence-corrected chi connectivity index (χ4v) is 1.88. The second kappa shape index (κ2) is 3.06. The summed E-state index contributed by atoms with van der Waals surface area (Å²) < 4.78 is 1.72. The maximum Gasteiger partial charge on any atom is 0.170 e. The summed E-state index contributed by atoms with van der Waals surface area (Å²) in [6, 6.07) is 8.97. The van der Waals surface area contributed by atoms with Crippen molar-refractivity contribution in [3.63, 3.8) is 0 Å². The average molecular weight is 212 g/mol. The first kappa shape index (κ1) is 8.91. The van der Waals surface area contributed by atoms with Gasteiger partial charge in [-0.15, -0.1) is 0 Å². The lowest BCUT2D eigenvalue weighted by Gasteiger charge is -2.03. The average Bonchev–Trinajstić information content (AvgIpc) is 2.72. The van der Waals surface area contributed by atoms with Crippen LogP contribution >= 0.6 is 0 Å². The van der Waals surface area contributed by atoms with Gasteiger partial charge in [-0.3, -0.25) is 9.20 Å². The molecule has 3 rings (SSSR count). The van der Waals surface area contributed by atoms with Gasteiger partial charge >= 0.3 is 0 Å². The van der Waals surface area contributed by atoms with E-state index < -0.39 is 0 Å². The number of aldehydes is 1. The normalized spacial score (nSPS) is 11.0. The van der Waals surface area contributed by atoms with Gasteiger partial charge in [0.1, 0.15) is 17.1 Å². The number of benzene rings is 1. The number of hydrogen-bond donors (Lipinski definition) is 1. The maximum atomic E-state index is 10.7. The van der Waals surface area contributed by atoms with Crippen LogP contribution in [-0.4, -0.2) is 20.8 Å². The molecule has 0 radical (unpaired) electrons. The lowest BCUT2D eigenvalue weighted by Crippen LogP contribution is -1.86. The number of phenols is 1. The smallest absolute Gasteiger partial charge is 0.170 e. The van der Waals surface area contributed by atoms with Crippen molar-refractivity contribution in [3.05, 3.63) is 42.2 Å². The van der Waals surface area contributed by atoms with Crippen molar-refractivity contribution < 1.29 is 9.90 Å². The summed E-state index contributed by atoms with van der Waals surface area (Å²) in [7, 11) is 0. The molecule has 0 unspecified atom stereocenters. The van der Waals surface area contributed by atoms with Crippen LogP contribution in [0.4, 0.5) is 0 Å². The van der Waals surface area contributed by atoms with E-state index in [0.717, 1.165) is 5.39 Å². The molecule has 4 nitrogen and oxygen atoms in total. The summed E-state index contributed by atoms with van der Waals surface area (Å²) >= 11 is 0. The Kier molecular flexibility index (Phi) is 1.71. The SMILES string of the molecule is O=Cc1cn2c(ccc3cccc(O)c32)n1. The molecule has 0 aliphatic heterocycles.